The van der Waals surface area contributed by atoms with Crippen LogP contribution in [-0.2, 0) is 0 Å². The molecule has 0 heteroatoms. The Morgan fingerprint density at radius 3 is 0.200 bits per heavy atom. The van der Waals surface area contributed by atoms with E-state index in [1.807, 2.05) is 0 Å². The summed E-state index contributed by atoms with van der Waals surface area (Å²) < 4.78 is 0. The van der Waals surface area contributed by atoms with Crippen molar-refractivity contribution in [2.75, 3.05) is 0 Å². The van der Waals surface area contributed by atoms with Gasteiger partial charge in [-0.1, -0.05) is 0 Å². The lowest BCUT2D eigenvalue weighted by Crippen LogP contribution is -2.38. The summed E-state index contributed by atoms with van der Waals surface area (Å²) >= 11 is 0. The van der Waals surface area contributed by atoms with Crippen molar-refractivity contribution in [1.82, 2.24) is 0 Å². The third kappa shape index (κ3) is 5.64. The molecule has 0 saturated heterocycles. The van der Waals surface area contributed by atoms with E-state index < -0.39 is 0 Å². The average molecular weight is 545 g/mol. The maximum Gasteiger partial charge on any atom is -0.0406 e. The van der Waals surface area contributed by atoms with Gasteiger partial charge in [0.1, 0.15) is 0 Å². The molecule has 12 saturated carbocycles. The van der Waals surface area contributed by atoms with Crippen LogP contribution in [0.25, 0.3) is 0 Å². The second kappa shape index (κ2) is 10.9. The molecule has 0 unspecified atom stereocenters. The summed E-state index contributed by atoms with van der Waals surface area (Å²) in [5.74, 6) is 18.1. The van der Waals surface area contributed by atoms with Crippen LogP contribution < -0.4 is 0 Å². The molecule has 0 N–H and O–H groups in total. The fraction of sp³-hybridized carbons (Fsp3) is 1.00. The zero-order valence-electron chi connectivity index (χ0n) is 26.2. The Morgan fingerprint density at radius 1 is 0.100 bits per heavy atom. The summed E-state index contributed by atoms with van der Waals surface area (Å²) in [6.45, 7) is 0. The molecule has 0 aromatic heterocycles. The Balaban J connectivity index is 0.000000115. The van der Waals surface area contributed by atoms with Crippen molar-refractivity contribution in [3.8, 4) is 0 Å². The summed E-state index contributed by atoms with van der Waals surface area (Å²) in [5, 5.41) is 0. The van der Waals surface area contributed by atoms with Crippen LogP contribution in [0.15, 0.2) is 0 Å². The standard InChI is InChI=1S/2C20H32/c2*1-13-2-15-6-17-4-14(1)5-18-7-16(3-13)9-19(8-15)12-20(10-17)11-18/h2*13-20H,1-12H2. The first-order chi connectivity index (χ1) is 19.6. The second-order valence-electron chi connectivity index (χ2n) is 19.5. The van der Waals surface area contributed by atoms with Crippen molar-refractivity contribution in [3.63, 3.8) is 0 Å². The molecule has 0 spiro atoms. The Morgan fingerprint density at radius 2 is 0.150 bits per heavy atom. The highest BCUT2D eigenvalue weighted by Gasteiger charge is 2.44. The van der Waals surface area contributed by atoms with Crippen molar-refractivity contribution >= 4 is 0 Å². The molecule has 40 heavy (non-hydrogen) atoms. The van der Waals surface area contributed by atoms with E-state index >= 15 is 0 Å². The van der Waals surface area contributed by atoms with E-state index in [9.17, 15) is 0 Å². The van der Waals surface area contributed by atoms with E-state index in [-0.39, 0.29) is 0 Å². The van der Waals surface area contributed by atoms with Gasteiger partial charge in [-0.15, -0.1) is 0 Å². The van der Waals surface area contributed by atoms with Crippen LogP contribution in [0.2, 0.25) is 0 Å². The minimum absolute atomic E-state index is 1.13. The highest BCUT2D eigenvalue weighted by atomic mass is 14.5. The SMILES string of the molecule is C1C2CC3CC4CC1CC1CC(C2)CC(C3)CC(C4)C1.C1C2CC3CC4CC1CC1CC(C2)CC(C3)CC(C4)C1. The maximum atomic E-state index is 1.63. The Bertz CT molecular complexity index is 510. The summed E-state index contributed by atoms with van der Waals surface area (Å²) in [5.41, 5.74) is 0. The van der Waals surface area contributed by atoms with Gasteiger partial charge >= 0.3 is 0 Å². The van der Waals surface area contributed by atoms with Gasteiger partial charge in [-0.2, -0.15) is 0 Å². The topological polar surface area (TPSA) is 0 Å². The molecule has 12 aliphatic rings. The number of hydrogen-bond acceptors (Lipinski definition) is 0. The second-order valence-corrected chi connectivity index (χ2v) is 19.5. The first-order valence-corrected chi connectivity index (χ1v) is 19.6. The van der Waals surface area contributed by atoms with Crippen LogP contribution in [0.4, 0.5) is 0 Å². The first kappa shape index (κ1) is 26.4. The largest absolute Gasteiger partial charge is 0.0475 e. The predicted octanol–water partition coefficient (Wildman–Crippen LogP) is 11.3. The zero-order chi connectivity index (χ0) is 26.2. The van der Waals surface area contributed by atoms with Crippen molar-refractivity contribution in [1.29, 1.82) is 0 Å². The van der Waals surface area contributed by atoms with Gasteiger partial charge in [-0.05, 0) is 249 Å². The van der Waals surface area contributed by atoms with Crippen LogP contribution >= 0.6 is 0 Å². The first-order valence-electron chi connectivity index (χ1n) is 19.6. The lowest BCUT2D eigenvalue weighted by Gasteiger charge is -2.49. The van der Waals surface area contributed by atoms with E-state index in [1.54, 1.807) is 154 Å². The van der Waals surface area contributed by atoms with E-state index in [4.69, 9.17) is 0 Å². The lowest BCUT2D eigenvalue weighted by molar-refractivity contribution is 0.0197. The third-order valence-electron chi connectivity index (χ3n) is 16.0. The van der Waals surface area contributed by atoms with E-state index in [2.05, 4.69) is 0 Å². The molecule has 0 atom stereocenters. The van der Waals surface area contributed by atoms with Crippen LogP contribution in [0.3, 0.4) is 0 Å². The Hall–Kier alpha value is 0. The third-order valence-corrected chi connectivity index (χ3v) is 16.0. The van der Waals surface area contributed by atoms with Crippen LogP contribution in [-0.4, -0.2) is 0 Å². The molecular weight excluding hydrogens is 480 g/mol. The van der Waals surface area contributed by atoms with Gasteiger partial charge in [0.2, 0.25) is 0 Å². The summed E-state index contributed by atoms with van der Waals surface area (Å²) in [6, 6.07) is 0. The molecule has 0 radical (unpaired) electrons. The smallest absolute Gasteiger partial charge is 0.0406 e. The molecule has 0 aromatic rings. The maximum absolute atomic E-state index is 1.63. The van der Waals surface area contributed by atoms with Gasteiger partial charge in [0.25, 0.3) is 0 Å². The quantitative estimate of drug-likeness (QED) is 0.284. The Labute approximate surface area is 248 Å². The molecule has 224 valence electrons. The van der Waals surface area contributed by atoms with E-state index in [1.165, 1.54) is 0 Å². The van der Waals surface area contributed by atoms with Crippen LogP contribution in [0.1, 0.15) is 154 Å². The van der Waals surface area contributed by atoms with Gasteiger partial charge < -0.3 is 0 Å². The monoisotopic (exact) mass is 545 g/mol. The average Bonchev–Trinajstić information content (AvgIpc) is 2.70. The molecule has 0 aromatic carbocycles. The summed E-state index contributed by atoms with van der Waals surface area (Å²) in [4.78, 5) is 0. The molecule has 12 rings (SSSR count). The molecule has 0 amide bonds. The molecule has 0 aliphatic heterocycles. The van der Waals surface area contributed by atoms with Gasteiger partial charge in [0, 0.05) is 0 Å². The van der Waals surface area contributed by atoms with Gasteiger partial charge in [0.15, 0.2) is 0 Å². The van der Waals surface area contributed by atoms with Crippen molar-refractivity contribution in [3.05, 3.63) is 0 Å². The molecule has 16 bridgehead atoms. The predicted molar refractivity (Wildman–Crippen MR) is 167 cm³/mol. The normalized spacial score (nSPS) is 57.6. The van der Waals surface area contributed by atoms with Crippen molar-refractivity contribution in [2.45, 2.75) is 154 Å². The van der Waals surface area contributed by atoms with Gasteiger partial charge in [-0.25, -0.2) is 0 Å². The van der Waals surface area contributed by atoms with Crippen LogP contribution in [0, 0.1) is 94.7 Å². The minimum atomic E-state index is 1.13. The lowest BCUT2D eigenvalue weighted by atomic mass is 9.56. The number of hydrogen-bond donors (Lipinski definition) is 0. The molecular formula is C40H64. The van der Waals surface area contributed by atoms with Crippen molar-refractivity contribution in [2.24, 2.45) is 94.7 Å². The summed E-state index contributed by atoms with van der Waals surface area (Å²) in [7, 11) is 0. The van der Waals surface area contributed by atoms with Gasteiger partial charge in [0.05, 0.1) is 0 Å². The highest BCUT2D eigenvalue weighted by molar-refractivity contribution is 4.95. The van der Waals surface area contributed by atoms with E-state index in [0.29, 0.717) is 0 Å². The van der Waals surface area contributed by atoms with Crippen LogP contribution in [0.5, 0.6) is 0 Å². The molecule has 12 fully saturated rings. The number of rotatable bonds is 0. The molecule has 0 heterocycles. The fourth-order valence-corrected chi connectivity index (χ4v) is 15.9. The molecule has 0 nitrogen and oxygen atoms in total. The van der Waals surface area contributed by atoms with Crippen molar-refractivity contribution < 1.29 is 0 Å². The van der Waals surface area contributed by atoms with Gasteiger partial charge in [-0.3, -0.25) is 0 Å². The van der Waals surface area contributed by atoms with E-state index in [0.717, 1.165) is 94.7 Å². The molecule has 12 aliphatic carbocycles. The highest BCUT2D eigenvalue weighted by Crippen LogP contribution is 2.56. The zero-order valence-corrected chi connectivity index (χ0v) is 26.2. The minimum Gasteiger partial charge on any atom is -0.0475 e. The Kier molecular flexibility index (Phi) is 7.17. The summed E-state index contributed by atoms with van der Waals surface area (Å²) in [6.07, 6.45) is 39.2. The fourth-order valence-electron chi connectivity index (χ4n) is 15.9.